The number of piperidine rings is 1. The molecular weight excluding hydrogens is 495 g/mol. The van der Waals surface area contributed by atoms with Gasteiger partial charge in [-0.2, -0.15) is 0 Å². The predicted molar refractivity (Wildman–Crippen MR) is 130 cm³/mol. The number of esters is 1. The molecule has 168 valence electrons. The van der Waals surface area contributed by atoms with Gasteiger partial charge in [0.15, 0.2) is 5.96 Å². The number of carbonyl (C=O) groups excluding carboxylic acids is 2. The number of amides is 1. The second kappa shape index (κ2) is 13.5. The Morgan fingerprint density at radius 2 is 1.73 bits per heavy atom. The van der Waals surface area contributed by atoms with Gasteiger partial charge in [-0.1, -0.05) is 12.1 Å². The summed E-state index contributed by atoms with van der Waals surface area (Å²) < 4.78 is 4.86. The summed E-state index contributed by atoms with van der Waals surface area (Å²) in [5.41, 5.74) is 1.76. The third-order valence-corrected chi connectivity index (χ3v) is 5.33. The Kier molecular flexibility index (Phi) is 11.8. The highest BCUT2D eigenvalue weighted by Gasteiger charge is 2.26. The molecule has 0 unspecified atom stereocenters. The number of halogens is 1. The van der Waals surface area contributed by atoms with Gasteiger partial charge in [0.1, 0.15) is 0 Å². The molecule has 1 aliphatic heterocycles. The molecule has 2 rings (SSSR count). The number of nitrogens with zero attached hydrogens (tertiary/aromatic N) is 3. The summed E-state index contributed by atoms with van der Waals surface area (Å²) in [4.78, 5) is 32.9. The first-order valence-electron chi connectivity index (χ1n) is 10.5. The number of hydrogen-bond donors (Lipinski definition) is 1. The molecule has 1 amide bonds. The van der Waals surface area contributed by atoms with Gasteiger partial charge in [0.25, 0.3) is 5.91 Å². The molecule has 7 nitrogen and oxygen atoms in total. The van der Waals surface area contributed by atoms with Crippen LogP contribution in [-0.2, 0) is 16.1 Å². The van der Waals surface area contributed by atoms with Crippen LogP contribution in [0, 0.1) is 5.92 Å². The molecule has 0 aromatic heterocycles. The van der Waals surface area contributed by atoms with Crippen molar-refractivity contribution in [3.8, 4) is 0 Å². The van der Waals surface area contributed by atoms with E-state index in [4.69, 9.17) is 9.73 Å². The molecule has 1 aromatic rings. The van der Waals surface area contributed by atoms with Crippen LogP contribution in [0.1, 0.15) is 49.5 Å². The van der Waals surface area contributed by atoms with Crippen LogP contribution in [0.25, 0.3) is 0 Å². The molecule has 1 aliphatic rings. The second-order valence-electron chi connectivity index (χ2n) is 7.13. The van der Waals surface area contributed by atoms with Crippen LogP contribution < -0.4 is 5.32 Å². The number of nitrogens with one attached hydrogen (secondary N) is 1. The molecule has 1 fully saturated rings. The number of guanidine groups is 1. The summed E-state index contributed by atoms with van der Waals surface area (Å²) in [6, 6.07) is 7.68. The number of ether oxygens (including phenoxy) is 1. The zero-order valence-electron chi connectivity index (χ0n) is 18.5. The Morgan fingerprint density at radius 3 is 2.23 bits per heavy atom. The van der Waals surface area contributed by atoms with Crippen LogP contribution >= 0.6 is 24.0 Å². The van der Waals surface area contributed by atoms with E-state index in [-0.39, 0.29) is 41.8 Å². The minimum Gasteiger partial charge on any atom is -0.469 e. The number of hydrogen-bond acceptors (Lipinski definition) is 4. The van der Waals surface area contributed by atoms with Crippen LogP contribution in [-0.4, -0.2) is 67.5 Å². The maximum atomic E-state index is 12.4. The van der Waals surface area contributed by atoms with Crippen molar-refractivity contribution in [3.05, 3.63) is 35.4 Å². The molecule has 1 heterocycles. The topological polar surface area (TPSA) is 74.2 Å². The van der Waals surface area contributed by atoms with Crippen molar-refractivity contribution in [1.82, 2.24) is 15.1 Å². The lowest BCUT2D eigenvalue weighted by molar-refractivity contribution is -0.146. The minimum atomic E-state index is -0.120. The fourth-order valence-electron chi connectivity index (χ4n) is 3.53. The van der Waals surface area contributed by atoms with Crippen molar-refractivity contribution in [1.29, 1.82) is 0 Å². The van der Waals surface area contributed by atoms with E-state index in [9.17, 15) is 9.59 Å². The minimum absolute atomic E-state index is 0. The lowest BCUT2D eigenvalue weighted by Gasteiger charge is -2.33. The Balaban J connectivity index is 0.00000450. The summed E-state index contributed by atoms with van der Waals surface area (Å²) in [5, 5.41) is 3.34. The lowest BCUT2D eigenvalue weighted by Crippen LogP contribution is -2.46. The van der Waals surface area contributed by atoms with Crippen molar-refractivity contribution in [2.24, 2.45) is 10.9 Å². The van der Waals surface area contributed by atoms with E-state index < -0.39 is 0 Å². The predicted octanol–water partition coefficient (Wildman–Crippen LogP) is 3.14. The highest BCUT2D eigenvalue weighted by Crippen LogP contribution is 2.18. The fraction of sp³-hybridized carbons (Fsp3) is 0.591. The molecule has 1 N–H and O–H groups in total. The van der Waals surface area contributed by atoms with E-state index in [0.717, 1.165) is 44.0 Å². The molecule has 0 spiro atoms. The summed E-state index contributed by atoms with van der Waals surface area (Å²) >= 11 is 0. The zero-order valence-corrected chi connectivity index (χ0v) is 20.8. The standard InChI is InChI=1S/C22H34N4O3.HI/c1-5-23-22(26-14-12-19(13-15-26)21(28)29-4)24-16-17-8-10-18(11-9-17)20(27)25(6-2)7-3;/h8-11,19H,5-7,12-16H2,1-4H3,(H,23,24);1H. The van der Waals surface area contributed by atoms with E-state index in [0.29, 0.717) is 25.2 Å². The van der Waals surface area contributed by atoms with Gasteiger partial charge in [-0.25, -0.2) is 4.99 Å². The van der Waals surface area contributed by atoms with Gasteiger partial charge < -0.3 is 19.9 Å². The van der Waals surface area contributed by atoms with Crippen molar-refractivity contribution >= 4 is 41.8 Å². The normalized spacial score (nSPS) is 14.7. The molecule has 1 aromatic carbocycles. The Bertz CT molecular complexity index is 697. The number of rotatable bonds is 7. The molecule has 8 heteroatoms. The quantitative estimate of drug-likeness (QED) is 0.254. The zero-order chi connectivity index (χ0) is 21.2. The van der Waals surface area contributed by atoms with E-state index in [1.54, 1.807) is 0 Å². The van der Waals surface area contributed by atoms with E-state index >= 15 is 0 Å². The molecule has 1 saturated heterocycles. The first kappa shape index (κ1) is 26.2. The number of benzene rings is 1. The maximum absolute atomic E-state index is 12.4. The Hall–Kier alpha value is -1.84. The average molecular weight is 530 g/mol. The van der Waals surface area contributed by atoms with Crippen LogP contribution in [0.5, 0.6) is 0 Å². The smallest absolute Gasteiger partial charge is 0.308 e. The largest absolute Gasteiger partial charge is 0.469 e. The van der Waals surface area contributed by atoms with Crippen molar-refractivity contribution in [2.75, 3.05) is 39.8 Å². The van der Waals surface area contributed by atoms with Crippen LogP contribution in [0.4, 0.5) is 0 Å². The van der Waals surface area contributed by atoms with Crippen molar-refractivity contribution in [3.63, 3.8) is 0 Å². The molecule has 0 atom stereocenters. The Morgan fingerprint density at radius 1 is 1.13 bits per heavy atom. The van der Waals surface area contributed by atoms with Gasteiger partial charge in [-0.15, -0.1) is 24.0 Å². The highest BCUT2D eigenvalue weighted by molar-refractivity contribution is 14.0. The molecule has 0 aliphatic carbocycles. The van der Waals surface area contributed by atoms with Crippen LogP contribution in [0.3, 0.4) is 0 Å². The van der Waals surface area contributed by atoms with E-state index in [2.05, 4.69) is 10.2 Å². The van der Waals surface area contributed by atoms with Gasteiger partial charge in [-0.3, -0.25) is 9.59 Å². The molecule has 0 bridgehead atoms. The van der Waals surface area contributed by atoms with Crippen molar-refractivity contribution < 1.29 is 14.3 Å². The van der Waals surface area contributed by atoms with Crippen LogP contribution in [0.2, 0.25) is 0 Å². The second-order valence-corrected chi connectivity index (χ2v) is 7.13. The number of carbonyl (C=O) groups is 2. The maximum Gasteiger partial charge on any atom is 0.308 e. The Labute approximate surface area is 197 Å². The first-order chi connectivity index (χ1) is 14.0. The summed E-state index contributed by atoms with van der Waals surface area (Å²) in [7, 11) is 1.45. The van der Waals surface area contributed by atoms with Gasteiger partial charge in [0, 0.05) is 38.3 Å². The third kappa shape index (κ3) is 7.14. The average Bonchev–Trinajstić information content (AvgIpc) is 2.77. The van der Waals surface area contributed by atoms with E-state index in [1.165, 1.54) is 7.11 Å². The molecule has 30 heavy (non-hydrogen) atoms. The molecule has 0 saturated carbocycles. The van der Waals surface area contributed by atoms with Gasteiger partial charge in [-0.05, 0) is 51.3 Å². The van der Waals surface area contributed by atoms with E-state index in [1.807, 2.05) is 49.9 Å². The monoisotopic (exact) mass is 530 g/mol. The number of likely N-dealkylation sites (tertiary alicyclic amines) is 1. The molecule has 0 radical (unpaired) electrons. The van der Waals surface area contributed by atoms with Gasteiger partial charge >= 0.3 is 5.97 Å². The SMILES string of the molecule is CCNC(=NCc1ccc(C(=O)N(CC)CC)cc1)N1CCC(C(=O)OC)CC1.I. The van der Waals surface area contributed by atoms with Crippen LogP contribution in [0.15, 0.2) is 29.3 Å². The molecular formula is C22H35IN4O3. The highest BCUT2D eigenvalue weighted by atomic mass is 127. The first-order valence-corrected chi connectivity index (χ1v) is 10.5. The summed E-state index contributed by atoms with van der Waals surface area (Å²) in [6.45, 7) is 10.3. The number of aliphatic imine (C=N–C) groups is 1. The third-order valence-electron chi connectivity index (χ3n) is 5.33. The van der Waals surface area contributed by atoms with Crippen molar-refractivity contribution in [2.45, 2.75) is 40.2 Å². The van der Waals surface area contributed by atoms with Gasteiger partial charge in [0.05, 0.1) is 19.6 Å². The lowest BCUT2D eigenvalue weighted by atomic mass is 9.97. The van der Waals surface area contributed by atoms with Gasteiger partial charge in [0.2, 0.25) is 0 Å². The summed E-state index contributed by atoms with van der Waals surface area (Å²) in [5.74, 6) is 0.784. The number of methoxy groups -OCH3 is 1. The summed E-state index contributed by atoms with van der Waals surface area (Å²) in [6.07, 6.45) is 1.55. The fourth-order valence-corrected chi connectivity index (χ4v) is 3.53.